The minimum atomic E-state index is -0.262. The van der Waals surface area contributed by atoms with Gasteiger partial charge in [-0.2, -0.15) is 5.10 Å². The van der Waals surface area contributed by atoms with Crippen molar-refractivity contribution in [2.45, 2.75) is 27.7 Å². The first kappa shape index (κ1) is 15.9. The first-order valence-electron chi connectivity index (χ1n) is 7.37. The normalized spacial score (nSPS) is 10.6. The predicted octanol–water partition coefficient (Wildman–Crippen LogP) is 1.93. The molecule has 2 heterocycles. The molecule has 2 rings (SSSR count). The molecule has 0 radical (unpaired) electrons. The van der Waals surface area contributed by atoms with Crippen molar-refractivity contribution in [3.8, 4) is 0 Å². The zero-order valence-corrected chi connectivity index (χ0v) is 13.7. The summed E-state index contributed by atoms with van der Waals surface area (Å²) >= 11 is 0. The molecule has 22 heavy (non-hydrogen) atoms. The molecule has 0 atom stereocenters. The minimum absolute atomic E-state index is 0.262. The highest BCUT2D eigenvalue weighted by Gasteiger charge is 2.15. The molecule has 2 aromatic rings. The second-order valence-electron chi connectivity index (χ2n) is 5.12. The van der Waals surface area contributed by atoms with Gasteiger partial charge >= 0.3 is 0 Å². The van der Waals surface area contributed by atoms with E-state index in [1.807, 2.05) is 38.7 Å². The zero-order chi connectivity index (χ0) is 16.3. The van der Waals surface area contributed by atoms with Crippen LogP contribution < -0.4 is 10.2 Å². The van der Waals surface area contributed by atoms with Crippen LogP contribution in [0, 0.1) is 13.8 Å². The third-order valence-electron chi connectivity index (χ3n) is 3.36. The third kappa shape index (κ3) is 3.41. The number of carbonyl (C=O) groups is 1. The van der Waals surface area contributed by atoms with Crippen LogP contribution >= 0.6 is 0 Å². The number of nitrogens with zero attached hydrogens (tertiary/aromatic N) is 5. The lowest BCUT2D eigenvalue weighted by atomic mass is 10.3. The summed E-state index contributed by atoms with van der Waals surface area (Å²) in [6.07, 6.45) is 0. The Bertz CT molecular complexity index is 675. The van der Waals surface area contributed by atoms with Gasteiger partial charge in [0.15, 0.2) is 0 Å². The summed E-state index contributed by atoms with van der Waals surface area (Å²) in [5, 5.41) is 7.04. The summed E-state index contributed by atoms with van der Waals surface area (Å²) in [5.74, 6) is 0.960. The summed E-state index contributed by atoms with van der Waals surface area (Å²) in [6, 6.07) is 3.50. The molecule has 0 bridgehead atoms. The predicted molar refractivity (Wildman–Crippen MR) is 86.2 cm³/mol. The van der Waals surface area contributed by atoms with Crippen LogP contribution in [0.1, 0.15) is 35.7 Å². The number of hydrogen-bond donors (Lipinski definition) is 1. The molecule has 1 amide bonds. The van der Waals surface area contributed by atoms with Gasteiger partial charge in [0.05, 0.1) is 5.69 Å². The van der Waals surface area contributed by atoms with Gasteiger partial charge in [-0.3, -0.25) is 9.48 Å². The van der Waals surface area contributed by atoms with E-state index in [9.17, 15) is 4.79 Å². The molecule has 0 unspecified atom stereocenters. The number of rotatable bonds is 5. The van der Waals surface area contributed by atoms with Crippen LogP contribution in [0.15, 0.2) is 12.1 Å². The molecular weight excluding hydrogens is 280 g/mol. The molecule has 118 valence electrons. The van der Waals surface area contributed by atoms with Crippen molar-refractivity contribution in [3.63, 3.8) is 0 Å². The Labute approximate surface area is 130 Å². The molecule has 0 saturated heterocycles. The van der Waals surface area contributed by atoms with Crippen LogP contribution in [0.3, 0.4) is 0 Å². The van der Waals surface area contributed by atoms with Crippen molar-refractivity contribution in [1.29, 1.82) is 0 Å². The van der Waals surface area contributed by atoms with Crippen LogP contribution in [-0.2, 0) is 7.05 Å². The van der Waals surface area contributed by atoms with E-state index in [0.717, 1.165) is 24.5 Å². The molecule has 0 aromatic carbocycles. The Morgan fingerprint density at radius 3 is 2.41 bits per heavy atom. The van der Waals surface area contributed by atoms with Gasteiger partial charge in [-0.1, -0.05) is 0 Å². The van der Waals surface area contributed by atoms with E-state index in [2.05, 4.69) is 20.4 Å². The van der Waals surface area contributed by atoms with Crippen molar-refractivity contribution < 1.29 is 4.79 Å². The SMILES string of the molecule is CCN(CC)c1nc(C)cc(C(=O)Nc2cc(C)nn2C)n1. The second kappa shape index (κ2) is 6.55. The fraction of sp³-hybridized carbons (Fsp3) is 0.467. The van der Waals surface area contributed by atoms with Crippen molar-refractivity contribution in [2.75, 3.05) is 23.3 Å². The molecule has 7 heteroatoms. The molecule has 0 spiro atoms. The molecule has 1 N–H and O–H groups in total. The minimum Gasteiger partial charge on any atom is -0.341 e. The zero-order valence-electron chi connectivity index (χ0n) is 13.7. The molecule has 0 saturated carbocycles. The van der Waals surface area contributed by atoms with Gasteiger partial charge in [-0.25, -0.2) is 9.97 Å². The van der Waals surface area contributed by atoms with Gasteiger partial charge in [0.25, 0.3) is 5.91 Å². The Morgan fingerprint density at radius 1 is 1.18 bits per heavy atom. The summed E-state index contributed by atoms with van der Waals surface area (Å²) in [6.45, 7) is 9.40. The number of nitrogens with one attached hydrogen (secondary N) is 1. The maximum absolute atomic E-state index is 12.4. The van der Waals surface area contributed by atoms with Crippen molar-refractivity contribution in [1.82, 2.24) is 19.7 Å². The summed E-state index contributed by atoms with van der Waals surface area (Å²) in [7, 11) is 1.79. The van der Waals surface area contributed by atoms with E-state index < -0.39 is 0 Å². The lowest BCUT2D eigenvalue weighted by Crippen LogP contribution is -2.26. The number of carbonyl (C=O) groups excluding carboxylic acids is 1. The molecule has 0 fully saturated rings. The second-order valence-corrected chi connectivity index (χ2v) is 5.12. The Balaban J connectivity index is 2.27. The van der Waals surface area contributed by atoms with E-state index in [4.69, 9.17) is 0 Å². The van der Waals surface area contributed by atoms with Crippen molar-refractivity contribution in [3.05, 3.63) is 29.2 Å². The van der Waals surface area contributed by atoms with Crippen LogP contribution in [0.5, 0.6) is 0 Å². The highest BCUT2D eigenvalue weighted by Crippen LogP contribution is 2.13. The summed E-state index contributed by atoms with van der Waals surface area (Å²) in [5.41, 5.74) is 1.97. The smallest absolute Gasteiger partial charge is 0.275 e. The average Bonchev–Trinajstić information content (AvgIpc) is 2.77. The van der Waals surface area contributed by atoms with Gasteiger partial charge in [0.1, 0.15) is 11.5 Å². The third-order valence-corrected chi connectivity index (χ3v) is 3.36. The number of aryl methyl sites for hydroxylation is 3. The highest BCUT2D eigenvalue weighted by molar-refractivity contribution is 6.02. The van der Waals surface area contributed by atoms with Crippen molar-refractivity contribution >= 4 is 17.7 Å². The van der Waals surface area contributed by atoms with Gasteiger partial charge < -0.3 is 10.2 Å². The molecule has 0 aliphatic rings. The largest absolute Gasteiger partial charge is 0.341 e. The molecule has 7 nitrogen and oxygen atoms in total. The maximum atomic E-state index is 12.4. The highest BCUT2D eigenvalue weighted by atomic mass is 16.2. The number of anilines is 2. The Kier molecular flexibility index (Phi) is 4.75. The summed E-state index contributed by atoms with van der Waals surface area (Å²) in [4.78, 5) is 23.2. The Morgan fingerprint density at radius 2 is 1.86 bits per heavy atom. The van der Waals surface area contributed by atoms with Gasteiger partial charge in [-0.05, 0) is 33.8 Å². The lowest BCUT2D eigenvalue weighted by molar-refractivity contribution is 0.102. The van der Waals surface area contributed by atoms with Crippen LogP contribution in [-0.4, -0.2) is 38.7 Å². The molecule has 0 aliphatic carbocycles. The molecular formula is C15H22N6O. The first-order valence-corrected chi connectivity index (χ1v) is 7.37. The van der Waals surface area contributed by atoms with E-state index in [0.29, 0.717) is 17.5 Å². The van der Waals surface area contributed by atoms with Crippen LogP contribution in [0.2, 0.25) is 0 Å². The van der Waals surface area contributed by atoms with E-state index >= 15 is 0 Å². The number of aromatic nitrogens is 4. The maximum Gasteiger partial charge on any atom is 0.275 e. The molecule has 2 aromatic heterocycles. The summed E-state index contributed by atoms with van der Waals surface area (Å²) < 4.78 is 1.63. The van der Waals surface area contributed by atoms with E-state index in [-0.39, 0.29) is 5.91 Å². The average molecular weight is 302 g/mol. The standard InChI is InChI=1S/C15H22N6O/c1-6-21(7-2)15-16-10(3)8-12(17-15)14(22)18-13-9-11(4)19-20(13)5/h8-9H,6-7H2,1-5H3,(H,18,22). The van der Waals surface area contributed by atoms with Gasteiger partial charge in [0.2, 0.25) is 5.95 Å². The first-order chi connectivity index (χ1) is 10.4. The van der Waals surface area contributed by atoms with E-state index in [1.165, 1.54) is 0 Å². The fourth-order valence-electron chi connectivity index (χ4n) is 2.23. The van der Waals surface area contributed by atoms with Crippen molar-refractivity contribution in [2.24, 2.45) is 7.05 Å². The Hall–Kier alpha value is -2.44. The quantitative estimate of drug-likeness (QED) is 0.913. The van der Waals surface area contributed by atoms with Crippen LogP contribution in [0.25, 0.3) is 0 Å². The van der Waals surface area contributed by atoms with Gasteiger partial charge in [-0.15, -0.1) is 0 Å². The fourth-order valence-corrected chi connectivity index (χ4v) is 2.23. The topological polar surface area (TPSA) is 75.9 Å². The van der Waals surface area contributed by atoms with Gasteiger partial charge in [0, 0.05) is 31.9 Å². The van der Waals surface area contributed by atoms with Crippen LogP contribution in [0.4, 0.5) is 11.8 Å². The lowest BCUT2D eigenvalue weighted by Gasteiger charge is -2.19. The monoisotopic (exact) mass is 302 g/mol. The number of amides is 1. The number of hydrogen-bond acceptors (Lipinski definition) is 5. The molecule has 0 aliphatic heterocycles. The van der Waals surface area contributed by atoms with E-state index in [1.54, 1.807) is 17.8 Å².